The van der Waals surface area contributed by atoms with Gasteiger partial charge in [-0.2, -0.15) is 0 Å². The molecule has 1 aromatic rings. The number of pyridine rings is 1. The summed E-state index contributed by atoms with van der Waals surface area (Å²) in [7, 11) is 0. The molecule has 1 aliphatic heterocycles. The molecule has 2 heterocycles. The van der Waals surface area contributed by atoms with Crippen molar-refractivity contribution in [2.45, 2.75) is 25.4 Å². The summed E-state index contributed by atoms with van der Waals surface area (Å²) in [5.74, 6) is 0. The number of hydrogen-bond acceptors (Lipinski definition) is 3. The van der Waals surface area contributed by atoms with Crippen molar-refractivity contribution in [3.05, 3.63) is 28.5 Å². The highest BCUT2D eigenvalue weighted by Gasteiger charge is 2.16. The van der Waals surface area contributed by atoms with Crippen LogP contribution in [0.5, 0.6) is 0 Å². The van der Waals surface area contributed by atoms with Crippen LogP contribution in [0.1, 0.15) is 18.4 Å². The minimum atomic E-state index is 0. The van der Waals surface area contributed by atoms with E-state index in [-0.39, 0.29) is 12.4 Å². The van der Waals surface area contributed by atoms with E-state index in [1.165, 1.54) is 12.0 Å². The molecule has 3 nitrogen and oxygen atoms in total. The topological polar surface area (TPSA) is 42.1 Å². The third kappa shape index (κ3) is 4.01. The van der Waals surface area contributed by atoms with Gasteiger partial charge in [0.1, 0.15) is 4.60 Å². The first-order chi connectivity index (χ1) is 7.24. The third-order valence-corrected chi connectivity index (χ3v) is 3.21. The molecule has 16 heavy (non-hydrogen) atoms. The summed E-state index contributed by atoms with van der Waals surface area (Å²) in [5, 5.41) is 0. The fraction of sp³-hybridized carbons (Fsp3) is 0.545. The maximum atomic E-state index is 5.94. The molecule has 0 radical (unpaired) electrons. The molecule has 0 bridgehead atoms. The minimum Gasteiger partial charge on any atom is -0.327 e. The Morgan fingerprint density at radius 2 is 2.31 bits per heavy atom. The zero-order valence-electron chi connectivity index (χ0n) is 9.10. The second-order valence-electron chi connectivity index (χ2n) is 4.13. The Balaban J connectivity index is 0.00000128. The van der Waals surface area contributed by atoms with Gasteiger partial charge in [-0.1, -0.05) is 6.07 Å². The second-order valence-corrected chi connectivity index (χ2v) is 4.94. The van der Waals surface area contributed by atoms with E-state index < -0.39 is 0 Å². The molecule has 90 valence electrons. The van der Waals surface area contributed by atoms with Crippen molar-refractivity contribution in [2.75, 3.05) is 13.1 Å². The molecular formula is C11H17BrClN3. The highest BCUT2D eigenvalue weighted by atomic mass is 79.9. The van der Waals surface area contributed by atoms with Gasteiger partial charge in [-0.15, -0.1) is 12.4 Å². The van der Waals surface area contributed by atoms with Crippen LogP contribution in [0.2, 0.25) is 0 Å². The van der Waals surface area contributed by atoms with E-state index in [4.69, 9.17) is 5.73 Å². The minimum absolute atomic E-state index is 0. The first-order valence-corrected chi connectivity index (χ1v) is 6.12. The van der Waals surface area contributed by atoms with Gasteiger partial charge >= 0.3 is 0 Å². The van der Waals surface area contributed by atoms with Crippen molar-refractivity contribution in [2.24, 2.45) is 5.73 Å². The van der Waals surface area contributed by atoms with Crippen molar-refractivity contribution < 1.29 is 0 Å². The van der Waals surface area contributed by atoms with Gasteiger partial charge in [-0.05, 0) is 46.9 Å². The zero-order chi connectivity index (χ0) is 10.7. The van der Waals surface area contributed by atoms with Crippen LogP contribution in [0.15, 0.2) is 22.9 Å². The van der Waals surface area contributed by atoms with Crippen LogP contribution in [-0.4, -0.2) is 29.0 Å². The maximum absolute atomic E-state index is 5.94. The van der Waals surface area contributed by atoms with Crippen LogP contribution in [0.25, 0.3) is 0 Å². The third-order valence-electron chi connectivity index (χ3n) is 2.74. The van der Waals surface area contributed by atoms with E-state index in [2.05, 4.69) is 31.9 Å². The van der Waals surface area contributed by atoms with Crippen LogP contribution in [0.4, 0.5) is 0 Å². The van der Waals surface area contributed by atoms with Crippen molar-refractivity contribution in [1.29, 1.82) is 0 Å². The molecule has 1 aliphatic rings. The van der Waals surface area contributed by atoms with Crippen molar-refractivity contribution in [1.82, 2.24) is 9.88 Å². The van der Waals surface area contributed by atoms with Crippen LogP contribution >= 0.6 is 28.3 Å². The molecule has 1 saturated heterocycles. The van der Waals surface area contributed by atoms with E-state index >= 15 is 0 Å². The summed E-state index contributed by atoms with van der Waals surface area (Å²) in [6.45, 7) is 3.13. The maximum Gasteiger partial charge on any atom is 0.106 e. The Bertz CT molecular complexity index is 318. The summed E-state index contributed by atoms with van der Waals surface area (Å²) in [5.41, 5.74) is 7.19. The van der Waals surface area contributed by atoms with Gasteiger partial charge in [0.2, 0.25) is 0 Å². The van der Waals surface area contributed by atoms with Gasteiger partial charge in [0.25, 0.3) is 0 Å². The predicted octanol–water partition coefficient (Wildman–Crippen LogP) is 2.19. The number of aromatic nitrogens is 1. The molecule has 0 amide bonds. The highest BCUT2D eigenvalue weighted by molar-refractivity contribution is 9.10. The van der Waals surface area contributed by atoms with Crippen molar-refractivity contribution in [3.63, 3.8) is 0 Å². The van der Waals surface area contributed by atoms with Gasteiger partial charge in [0.05, 0.1) is 0 Å². The SMILES string of the molecule is Cl.NC1CCCN(Cc2ccc(Br)nc2)C1. The van der Waals surface area contributed by atoms with E-state index in [9.17, 15) is 0 Å². The van der Waals surface area contributed by atoms with E-state index in [1.54, 1.807) is 0 Å². The number of hydrogen-bond donors (Lipinski definition) is 1. The lowest BCUT2D eigenvalue weighted by molar-refractivity contribution is 0.201. The first kappa shape index (κ1) is 13.9. The number of piperidine rings is 1. The molecule has 1 aromatic heterocycles. The molecule has 5 heteroatoms. The molecule has 1 fully saturated rings. The Morgan fingerprint density at radius 3 is 2.94 bits per heavy atom. The van der Waals surface area contributed by atoms with E-state index in [0.717, 1.165) is 30.7 Å². The van der Waals surface area contributed by atoms with Crippen LogP contribution in [0.3, 0.4) is 0 Å². The van der Waals surface area contributed by atoms with Gasteiger partial charge < -0.3 is 5.73 Å². The lowest BCUT2D eigenvalue weighted by Gasteiger charge is -2.30. The normalized spacial score (nSPS) is 21.5. The van der Waals surface area contributed by atoms with Crippen molar-refractivity contribution in [3.8, 4) is 0 Å². The molecule has 2 N–H and O–H groups in total. The Kier molecular flexibility index (Phi) is 5.69. The van der Waals surface area contributed by atoms with E-state index in [1.807, 2.05) is 12.3 Å². The predicted molar refractivity (Wildman–Crippen MR) is 71.7 cm³/mol. The summed E-state index contributed by atoms with van der Waals surface area (Å²) < 4.78 is 0.890. The van der Waals surface area contributed by atoms with Gasteiger partial charge in [0.15, 0.2) is 0 Å². The van der Waals surface area contributed by atoms with Crippen LogP contribution < -0.4 is 5.73 Å². The Labute approximate surface area is 111 Å². The van der Waals surface area contributed by atoms with Crippen molar-refractivity contribution >= 4 is 28.3 Å². The standard InChI is InChI=1S/C11H16BrN3.ClH/c12-11-4-3-9(6-14-11)7-15-5-1-2-10(13)8-15;/h3-4,6,10H,1-2,5,7-8,13H2;1H. The molecular weight excluding hydrogens is 289 g/mol. The summed E-state index contributed by atoms with van der Waals surface area (Å²) >= 11 is 3.34. The lowest BCUT2D eigenvalue weighted by Crippen LogP contribution is -2.42. The number of halogens is 2. The fourth-order valence-electron chi connectivity index (χ4n) is 1.99. The smallest absolute Gasteiger partial charge is 0.106 e. The van der Waals surface area contributed by atoms with Gasteiger partial charge in [0, 0.05) is 25.3 Å². The Morgan fingerprint density at radius 1 is 1.50 bits per heavy atom. The molecule has 0 aliphatic carbocycles. The van der Waals surface area contributed by atoms with Crippen LogP contribution in [0, 0.1) is 0 Å². The number of nitrogens with two attached hydrogens (primary N) is 1. The molecule has 0 aromatic carbocycles. The highest BCUT2D eigenvalue weighted by Crippen LogP contribution is 2.13. The summed E-state index contributed by atoms with van der Waals surface area (Å²) in [6.07, 6.45) is 4.30. The molecule has 2 rings (SSSR count). The lowest BCUT2D eigenvalue weighted by atomic mass is 10.1. The molecule has 0 saturated carbocycles. The molecule has 1 unspecified atom stereocenters. The van der Waals surface area contributed by atoms with Crippen LogP contribution in [-0.2, 0) is 6.54 Å². The van der Waals surface area contributed by atoms with E-state index in [0.29, 0.717) is 6.04 Å². The molecule has 1 atom stereocenters. The quantitative estimate of drug-likeness (QED) is 0.852. The van der Waals surface area contributed by atoms with Gasteiger partial charge in [-0.25, -0.2) is 4.98 Å². The second kappa shape index (κ2) is 6.55. The number of rotatable bonds is 2. The number of likely N-dealkylation sites (tertiary alicyclic amines) is 1. The molecule has 0 spiro atoms. The fourth-order valence-corrected chi connectivity index (χ4v) is 2.23. The zero-order valence-corrected chi connectivity index (χ0v) is 11.5. The van der Waals surface area contributed by atoms with Gasteiger partial charge in [-0.3, -0.25) is 4.90 Å². The first-order valence-electron chi connectivity index (χ1n) is 5.32. The summed E-state index contributed by atoms with van der Waals surface area (Å²) in [4.78, 5) is 6.62. The monoisotopic (exact) mass is 305 g/mol. The number of nitrogens with zero attached hydrogens (tertiary/aromatic N) is 2. The average Bonchev–Trinajstić information content (AvgIpc) is 2.22. The average molecular weight is 307 g/mol. The summed E-state index contributed by atoms with van der Waals surface area (Å²) in [6, 6.07) is 4.44. The Hall–Kier alpha value is -0.160. The largest absolute Gasteiger partial charge is 0.327 e.